The van der Waals surface area contributed by atoms with Crippen molar-refractivity contribution in [3.63, 3.8) is 0 Å². The molecule has 86 valence electrons. The van der Waals surface area contributed by atoms with Gasteiger partial charge in [0.2, 0.25) is 0 Å². The van der Waals surface area contributed by atoms with Crippen molar-refractivity contribution in [2.45, 2.75) is 20.8 Å². The highest BCUT2D eigenvalue weighted by Gasteiger charge is 2.09. The number of carbonyl (C=O) groups is 1. The predicted molar refractivity (Wildman–Crippen MR) is 63.2 cm³/mol. The molecule has 0 saturated carbocycles. The van der Waals surface area contributed by atoms with Crippen LogP contribution in [0.3, 0.4) is 0 Å². The van der Waals surface area contributed by atoms with Gasteiger partial charge >= 0.3 is 5.97 Å². The summed E-state index contributed by atoms with van der Waals surface area (Å²) in [4.78, 5) is 10.9. The molecule has 16 heavy (non-hydrogen) atoms. The molecule has 0 aliphatic rings. The minimum Gasteiger partial charge on any atom is -0.477 e. The quantitative estimate of drug-likeness (QED) is 0.309. The fraction of sp³-hybridized carbons (Fsp3) is 0.308. The summed E-state index contributed by atoms with van der Waals surface area (Å²) in [6, 6.07) is 0. The Balaban J connectivity index is 4.93. The van der Waals surface area contributed by atoms with Crippen LogP contribution in [0.15, 0.2) is 35.8 Å². The molecule has 0 aromatic rings. The molecule has 3 heteroatoms. The first kappa shape index (κ1) is 14.1. The van der Waals surface area contributed by atoms with Gasteiger partial charge in [0, 0.05) is 6.92 Å². The highest BCUT2D eigenvalue weighted by atomic mass is 16.6. The summed E-state index contributed by atoms with van der Waals surface area (Å²) in [7, 11) is 0. The van der Waals surface area contributed by atoms with Gasteiger partial charge in [-0.15, -0.1) is 6.42 Å². The summed E-state index contributed by atoms with van der Waals surface area (Å²) in [6.45, 7) is 8.70. The van der Waals surface area contributed by atoms with Gasteiger partial charge in [0.05, 0.1) is 0 Å². The van der Waals surface area contributed by atoms with E-state index in [1.165, 1.54) is 6.92 Å². The molecule has 0 N–H and O–H groups in total. The molecule has 0 aromatic heterocycles. The molecular weight excluding hydrogens is 204 g/mol. The van der Waals surface area contributed by atoms with E-state index >= 15 is 0 Å². The Bertz CT molecular complexity index is 367. The molecule has 0 fully saturated rings. The number of rotatable bonds is 5. The summed E-state index contributed by atoms with van der Waals surface area (Å²) in [5.74, 6) is 2.68. The smallest absolute Gasteiger partial charge is 0.308 e. The third-order valence-electron chi connectivity index (χ3n) is 1.45. The third-order valence-corrected chi connectivity index (χ3v) is 1.45. The first-order valence-electron chi connectivity index (χ1n) is 4.79. The second-order valence-corrected chi connectivity index (χ2v) is 3.09. The summed E-state index contributed by atoms with van der Waals surface area (Å²) in [5, 5.41) is 0. The van der Waals surface area contributed by atoms with Crippen LogP contribution < -0.4 is 0 Å². The molecule has 0 aliphatic heterocycles. The van der Waals surface area contributed by atoms with Crippen LogP contribution in [0, 0.1) is 12.3 Å². The van der Waals surface area contributed by atoms with E-state index in [-0.39, 0.29) is 6.61 Å². The van der Waals surface area contributed by atoms with Crippen molar-refractivity contribution in [1.29, 1.82) is 0 Å². The highest BCUT2D eigenvalue weighted by molar-refractivity contribution is 5.68. The maximum absolute atomic E-state index is 10.9. The standard InChI is InChI=1S/C13H16O3/c1-6-8-15-13(9-10(3)4)12(7-2)16-11(5)14/h1,7,9H,3,8H2,2,4-5H3/b12-7+,13-9+. The van der Waals surface area contributed by atoms with Crippen LogP contribution in [0.25, 0.3) is 0 Å². The molecule has 3 nitrogen and oxygen atoms in total. The van der Waals surface area contributed by atoms with Crippen LogP contribution in [-0.2, 0) is 14.3 Å². The molecule has 0 heterocycles. The van der Waals surface area contributed by atoms with Gasteiger partial charge < -0.3 is 9.47 Å². The topological polar surface area (TPSA) is 35.5 Å². The molecular formula is C13H16O3. The van der Waals surface area contributed by atoms with E-state index in [2.05, 4.69) is 12.5 Å². The average Bonchev–Trinajstić information content (AvgIpc) is 2.20. The number of terminal acetylenes is 1. The zero-order valence-electron chi connectivity index (χ0n) is 9.87. The van der Waals surface area contributed by atoms with Gasteiger partial charge in [-0.25, -0.2) is 0 Å². The fourth-order valence-electron chi connectivity index (χ4n) is 0.933. The summed E-state index contributed by atoms with van der Waals surface area (Å²) in [6.07, 6.45) is 8.39. The first-order chi connectivity index (χ1) is 7.51. The van der Waals surface area contributed by atoms with Crippen molar-refractivity contribution in [2.24, 2.45) is 0 Å². The number of ether oxygens (including phenoxy) is 2. The number of hydrogen-bond donors (Lipinski definition) is 0. The number of hydrogen-bond acceptors (Lipinski definition) is 3. The third kappa shape index (κ3) is 5.71. The van der Waals surface area contributed by atoms with Crippen LogP contribution in [0.4, 0.5) is 0 Å². The lowest BCUT2D eigenvalue weighted by molar-refractivity contribution is -0.137. The van der Waals surface area contributed by atoms with Gasteiger partial charge in [-0.1, -0.05) is 18.1 Å². The summed E-state index contributed by atoms with van der Waals surface area (Å²) in [5.41, 5.74) is 0.776. The van der Waals surface area contributed by atoms with Gasteiger partial charge in [0.1, 0.15) is 6.61 Å². The van der Waals surface area contributed by atoms with Gasteiger partial charge in [0.25, 0.3) is 0 Å². The monoisotopic (exact) mass is 220 g/mol. The van der Waals surface area contributed by atoms with Gasteiger partial charge in [-0.05, 0) is 26.0 Å². The zero-order valence-corrected chi connectivity index (χ0v) is 9.87. The molecule has 0 amide bonds. The normalized spacial score (nSPS) is 11.6. The number of esters is 1. The summed E-state index contributed by atoms with van der Waals surface area (Å²) < 4.78 is 10.3. The van der Waals surface area contributed by atoms with E-state index in [0.29, 0.717) is 11.5 Å². The van der Waals surface area contributed by atoms with Crippen molar-refractivity contribution < 1.29 is 14.3 Å². The maximum Gasteiger partial charge on any atom is 0.308 e. The minimum absolute atomic E-state index is 0.109. The van der Waals surface area contributed by atoms with Crippen LogP contribution >= 0.6 is 0 Å². The Morgan fingerprint density at radius 2 is 2.06 bits per heavy atom. The van der Waals surface area contributed by atoms with Crippen LogP contribution in [0.1, 0.15) is 20.8 Å². The van der Waals surface area contributed by atoms with Crippen molar-refractivity contribution in [1.82, 2.24) is 0 Å². The highest BCUT2D eigenvalue weighted by Crippen LogP contribution is 2.15. The second kappa shape index (κ2) is 7.36. The lowest BCUT2D eigenvalue weighted by Gasteiger charge is -2.11. The Morgan fingerprint density at radius 1 is 1.44 bits per heavy atom. The molecule has 0 radical (unpaired) electrons. The van der Waals surface area contributed by atoms with Crippen LogP contribution in [-0.4, -0.2) is 12.6 Å². The molecule has 0 unspecified atom stereocenters. The second-order valence-electron chi connectivity index (χ2n) is 3.09. The zero-order chi connectivity index (χ0) is 12.6. The Kier molecular flexibility index (Phi) is 6.46. The fourth-order valence-corrected chi connectivity index (χ4v) is 0.933. The van der Waals surface area contributed by atoms with Crippen LogP contribution in [0.5, 0.6) is 0 Å². The molecule has 0 bridgehead atoms. The number of allylic oxidation sites excluding steroid dienone is 3. The van der Waals surface area contributed by atoms with E-state index in [1.807, 2.05) is 0 Å². The van der Waals surface area contributed by atoms with Crippen molar-refractivity contribution in [2.75, 3.05) is 6.61 Å². The Hall–Kier alpha value is -1.95. The van der Waals surface area contributed by atoms with Crippen molar-refractivity contribution in [3.05, 3.63) is 35.8 Å². The minimum atomic E-state index is -0.412. The summed E-state index contributed by atoms with van der Waals surface area (Å²) >= 11 is 0. The Labute approximate surface area is 96.4 Å². The van der Waals surface area contributed by atoms with E-state index in [1.54, 1.807) is 26.0 Å². The molecule has 0 saturated heterocycles. The maximum atomic E-state index is 10.9. The average molecular weight is 220 g/mol. The van der Waals surface area contributed by atoms with E-state index in [4.69, 9.17) is 15.9 Å². The van der Waals surface area contributed by atoms with Gasteiger partial charge in [-0.2, -0.15) is 0 Å². The molecule has 0 rings (SSSR count). The largest absolute Gasteiger partial charge is 0.477 e. The van der Waals surface area contributed by atoms with Crippen LogP contribution in [0.2, 0.25) is 0 Å². The predicted octanol–water partition coefficient (Wildman–Crippen LogP) is 2.56. The lowest BCUT2D eigenvalue weighted by Crippen LogP contribution is -2.05. The molecule has 0 spiro atoms. The number of carbonyl (C=O) groups excluding carboxylic acids is 1. The van der Waals surface area contributed by atoms with Crippen molar-refractivity contribution >= 4 is 5.97 Å². The molecule has 0 aromatic carbocycles. The molecule has 0 atom stereocenters. The van der Waals surface area contributed by atoms with Gasteiger partial charge in [-0.3, -0.25) is 4.79 Å². The lowest BCUT2D eigenvalue weighted by atomic mass is 10.2. The van der Waals surface area contributed by atoms with Gasteiger partial charge in [0.15, 0.2) is 11.5 Å². The van der Waals surface area contributed by atoms with E-state index in [9.17, 15) is 4.79 Å². The van der Waals surface area contributed by atoms with E-state index < -0.39 is 5.97 Å². The SMILES string of the molecule is C#CCOC(=C/C(=C)C)/C(=C\C)OC(C)=O. The Morgan fingerprint density at radius 3 is 2.44 bits per heavy atom. The first-order valence-corrected chi connectivity index (χ1v) is 4.79. The molecule has 0 aliphatic carbocycles. The van der Waals surface area contributed by atoms with E-state index in [0.717, 1.165) is 5.57 Å². The van der Waals surface area contributed by atoms with Crippen molar-refractivity contribution in [3.8, 4) is 12.3 Å².